The lowest BCUT2D eigenvalue weighted by Crippen LogP contribution is -2.52. The molecule has 2 fully saturated rings. The van der Waals surface area contributed by atoms with Crippen molar-refractivity contribution in [3.63, 3.8) is 0 Å². The maximum atomic E-state index is 13.4. The highest BCUT2D eigenvalue weighted by atomic mass is 16.5. The average Bonchev–Trinajstić information content (AvgIpc) is 3.53. The molecule has 1 aliphatic heterocycles. The van der Waals surface area contributed by atoms with Gasteiger partial charge in [0.2, 0.25) is 5.91 Å². The number of nitrogens with one attached hydrogen (secondary N) is 1. The molecule has 1 saturated carbocycles. The summed E-state index contributed by atoms with van der Waals surface area (Å²) in [5, 5.41) is 12.6. The quantitative estimate of drug-likeness (QED) is 0.617. The molecule has 2 N–H and O–H groups in total. The number of hydrogen-bond acceptors (Lipinski definition) is 4. The van der Waals surface area contributed by atoms with Gasteiger partial charge in [0.15, 0.2) is 0 Å². The average molecular weight is 477 g/mol. The number of amides is 2. The molecule has 2 aromatic rings. The number of carbonyl (C=O) groups excluding carboxylic acids is 2. The van der Waals surface area contributed by atoms with E-state index in [0.29, 0.717) is 19.4 Å². The van der Waals surface area contributed by atoms with Gasteiger partial charge in [-0.2, -0.15) is 0 Å². The molecule has 7 nitrogen and oxygen atoms in total. The van der Waals surface area contributed by atoms with Crippen molar-refractivity contribution in [3.05, 3.63) is 59.7 Å². The molecule has 0 spiro atoms. The van der Waals surface area contributed by atoms with Crippen molar-refractivity contribution in [1.29, 1.82) is 0 Å². The van der Waals surface area contributed by atoms with Crippen LogP contribution in [-0.2, 0) is 14.3 Å². The summed E-state index contributed by atoms with van der Waals surface area (Å²) in [6.45, 7) is 2.55. The maximum absolute atomic E-state index is 13.4. The second kappa shape index (κ2) is 9.72. The van der Waals surface area contributed by atoms with Gasteiger partial charge in [0.05, 0.1) is 0 Å². The minimum absolute atomic E-state index is 0.00758. The Hall–Kier alpha value is -3.35. The Morgan fingerprint density at radius 3 is 2.34 bits per heavy atom. The van der Waals surface area contributed by atoms with Gasteiger partial charge in [-0.25, -0.2) is 9.59 Å². The second-order valence-corrected chi connectivity index (χ2v) is 9.94. The van der Waals surface area contributed by atoms with E-state index in [4.69, 9.17) is 4.74 Å². The van der Waals surface area contributed by atoms with E-state index < -0.39 is 24.1 Å². The monoisotopic (exact) mass is 476 g/mol. The van der Waals surface area contributed by atoms with Crippen molar-refractivity contribution in [1.82, 2.24) is 10.2 Å². The van der Waals surface area contributed by atoms with Crippen LogP contribution in [0.1, 0.15) is 56.1 Å². The van der Waals surface area contributed by atoms with Gasteiger partial charge in [-0.05, 0) is 53.4 Å². The van der Waals surface area contributed by atoms with Crippen LogP contribution in [0.2, 0.25) is 0 Å². The van der Waals surface area contributed by atoms with E-state index in [0.717, 1.165) is 41.5 Å². The summed E-state index contributed by atoms with van der Waals surface area (Å²) < 4.78 is 5.64. The molecule has 5 rings (SSSR count). The molecule has 35 heavy (non-hydrogen) atoms. The molecular formula is C28H32N2O5. The third-order valence-corrected chi connectivity index (χ3v) is 7.94. The van der Waals surface area contributed by atoms with E-state index in [1.54, 1.807) is 0 Å². The summed E-state index contributed by atoms with van der Waals surface area (Å²) in [4.78, 5) is 39.7. The molecular weight excluding hydrogens is 444 g/mol. The summed E-state index contributed by atoms with van der Waals surface area (Å²) in [6, 6.07) is 14.6. The molecule has 0 aromatic heterocycles. The summed E-state index contributed by atoms with van der Waals surface area (Å²) >= 11 is 0. The molecule has 184 valence electrons. The number of hydrogen-bond donors (Lipinski definition) is 2. The lowest BCUT2D eigenvalue weighted by molar-refractivity contribution is -0.150. The number of fused-ring (bicyclic) bond motifs is 4. The highest BCUT2D eigenvalue weighted by Gasteiger charge is 2.50. The zero-order valence-corrected chi connectivity index (χ0v) is 20.0. The molecule has 1 heterocycles. The molecule has 0 radical (unpaired) electrons. The van der Waals surface area contributed by atoms with E-state index in [1.807, 2.05) is 31.2 Å². The number of carboxylic acids is 1. The molecule has 3 unspecified atom stereocenters. The standard InChI is InChI=1S/C28H32N2O5/c1-2-8-24(26(31)30-15-17-9-7-14-18(17)25(30)27(32)33)29-28(34)35-16-23-21-12-5-3-10-19(21)20-11-4-6-13-22(20)23/h3-6,10-13,17-18,23-25H,2,7-9,14-16H2,1H3,(H,29,34)(H,32,33)/t17?,18?,24-,25?/m1/s1. The van der Waals surface area contributed by atoms with E-state index >= 15 is 0 Å². The Bertz CT molecular complexity index is 1090. The summed E-state index contributed by atoms with van der Waals surface area (Å²) in [5.74, 6) is -1.10. The van der Waals surface area contributed by atoms with Crippen molar-refractivity contribution in [2.75, 3.05) is 13.2 Å². The highest BCUT2D eigenvalue weighted by Crippen LogP contribution is 2.45. The van der Waals surface area contributed by atoms with Crippen LogP contribution in [-0.4, -0.2) is 53.2 Å². The van der Waals surface area contributed by atoms with Gasteiger partial charge in [0.25, 0.3) is 0 Å². The van der Waals surface area contributed by atoms with Gasteiger partial charge in [0, 0.05) is 12.5 Å². The fourth-order valence-electron chi connectivity index (χ4n) is 6.38. The minimum atomic E-state index is -0.955. The number of likely N-dealkylation sites (tertiary alicyclic amines) is 1. The van der Waals surface area contributed by atoms with Crippen LogP contribution >= 0.6 is 0 Å². The molecule has 2 aliphatic carbocycles. The van der Waals surface area contributed by atoms with Gasteiger partial charge >= 0.3 is 12.1 Å². The summed E-state index contributed by atoms with van der Waals surface area (Å²) in [5.41, 5.74) is 4.54. The third-order valence-electron chi connectivity index (χ3n) is 7.94. The first-order chi connectivity index (χ1) is 17.0. The molecule has 2 amide bonds. The summed E-state index contributed by atoms with van der Waals surface area (Å²) in [6.07, 6.45) is 3.27. The summed E-state index contributed by atoms with van der Waals surface area (Å²) in [7, 11) is 0. The first-order valence-electron chi connectivity index (χ1n) is 12.6. The fourth-order valence-corrected chi connectivity index (χ4v) is 6.38. The van der Waals surface area contributed by atoms with E-state index in [2.05, 4.69) is 29.6 Å². The topological polar surface area (TPSA) is 95.9 Å². The Morgan fingerprint density at radius 2 is 1.71 bits per heavy atom. The predicted molar refractivity (Wildman–Crippen MR) is 131 cm³/mol. The maximum Gasteiger partial charge on any atom is 0.407 e. The zero-order valence-electron chi connectivity index (χ0n) is 20.0. The molecule has 1 saturated heterocycles. The predicted octanol–water partition coefficient (Wildman–Crippen LogP) is 4.41. The first kappa shape index (κ1) is 23.4. The van der Waals surface area contributed by atoms with Crippen LogP contribution in [0.5, 0.6) is 0 Å². The SMILES string of the molecule is CCC[C@@H](NC(=O)OCC1c2ccccc2-c2ccccc21)C(=O)N1CC2CCCC2C1C(=O)O. The Balaban J connectivity index is 1.26. The molecule has 2 aromatic carbocycles. The molecule has 0 bridgehead atoms. The van der Waals surface area contributed by atoms with Gasteiger partial charge in [-0.1, -0.05) is 68.3 Å². The number of carbonyl (C=O) groups is 3. The van der Waals surface area contributed by atoms with Crippen LogP contribution < -0.4 is 5.32 Å². The van der Waals surface area contributed by atoms with Crippen LogP contribution in [0.3, 0.4) is 0 Å². The van der Waals surface area contributed by atoms with Gasteiger partial charge in [-0.15, -0.1) is 0 Å². The van der Waals surface area contributed by atoms with Crippen LogP contribution in [0.15, 0.2) is 48.5 Å². The third kappa shape index (κ3) is 4.28. The Labute approximate surface area is 205 Å². The second-order valence-electron chi connectivity index (χ2n) is 9.94. The minimum Gasteiger partial charge on any atom is -0.480 e. The first-order valence-corrected chi connectivity index (χ1v) is 12.6. The zero-order chi connectivity index (χ0) is 24.5. The van der Waals surface area contributed by atoms with Gasteiger partial charge in [0.1, 0.15) is 18.7 Å². The lowest BCUT2D eigenvalue weighted by atomic mass is 9.94. The number of ether oxygens (including phenoxy) is 1. The van der Waals surface area contributed by atoms with Crippen molar-refractivity contribution in [2.45, 2.75) is 57.0 Å². The number of nitrogens with zero attached hydrogens (tertiary/aromatic N) is 1. The Morgan fingerprint density at radius 1 is 1.06 bits per heavy atom. The van der Waals surface area contributed by atoms with Crippen LogP contribution in [0.4, 0.5) is 4.79 Å². The van der Waals surface area contributed by atoms with Crippen molar-refractivity contribution < 1.29 is 24.2 Å². The van der Waals surface area contributed by atoms with Gasteiger partial charge in [-0.3, -0.25) is 4.79 Å². The van der Waals surface area contributed by atoms with Crippen molar-refractivity contribution >= 4 is 18.0 Å². The van der Waals surface area contributed by atoms with E-state index in [-0.39, 0.29) is 30.3 Å². The molecule has 4 atom stereocenters. The number of rotatable bonds is 7. The van der Waals surface area contributed by atoms with Crippen molar-refractivity contribution in [3.8, 4) is 11.1 Å². The largest absolute Gasteiger partial charge is 0.480 e. The molecule has 3 aliphatic rings. The number of aliphatic carboxylic acids is 1. The number of carboxylic acid groups (broad SMARTS) is 1. The lowest BCUT2D eigenvalue weighted by Gasteiger charge is -2.29. The van der Waals surface area contributed by atoms with Gasteiger partial charge < -0.3 is 20.1 Å². The van der Waals surface area contributed by atoms with Crippen LogP contribution in [0, 0.1) is 11.8 Å². The smallest absolute Gasteiger partial charge is 0.407 e. The highest BCUT2D eigenvalue weighted by molar-refractivity contribution is 5.90. The van der Waals surface area contributed by atoms with Crippen LogP contribution in [0.25, 0.3) is 11.1 Å². The van der Waals surface area contributed by atoms with Crippen molar-refractivity contribution in [2.24, 2.45) is 11.8 Å². The number of benzene rings is 2. The number of alkyl carbamates (subject to hydrolysis) is 1. The van der Waals surface area contributed by atoms with E-state index in [1.165, 1.54) is 4.90 Å². The molecule has 7 heteroatoms. The normalized spacial score (nSPS) is 23.3. The van der Waals surface area contributed by atoms with E-state index in [9.17, 15) is 19.5 Å². The fraction of sp³-hybridized carbons (Fsp3) is 0.464. The Kier molecular flexibility index (Phi) is 6.50.